The lowest BCUT2D eigenvalue weighted by molar-refractivity contribution is -0.146. The fourth-order valence-corrected chi connectivity index (χ4v) is 2.77. The quantitative estimate of drug-likeness (QED) is 0.434. The van der Waals surface area contributed by atoms with Crippen LogP contribution in [0, 0.1) is 0 Å². The highest BCUT2D eigenvalue weighted by Gasteiger charge is 2.15. The minimum Gasteiger partial charge on any atom is -0.459 e. The molecule has 1 heterocycles. The van der Waals surface area contributed by atoms with Crippen molar-refractivity contribution in [2.75, 3.05) is 0 Å². The highest BCUT2D eigenvalue weighted by Crippen LogP contribution is 2.25. The van der Waals surface area contributed by atoms with Crippen molar-refractivity contribution in [3.8, 4) is 23.0 Å². The van der Waals surface area contributed by atoms with Gasteiger partial charge in [-0.05, 0) is 30.3 Å². The number of hydrogen-bond acceptors (Lipinski definition) is 6. The Balaban J connectivity index is 1.40. The number of rotatable bonds is 7. The van der Waals surface area contributed by atoms with E-state index in [1.807, 2.05) is 48.5 Å². The predicted octanol–water partition coefficient (Wildman–Crippen LogP) is 4.04. The van der Waals surface area contributed by atoms with E-state index in [0.29, 0.717) is 22.6 Å². The monoisotopic (exact) mass is 402 g/mol. The Morgan fingerprint density at radius 1 is 0.900 bits per heavy atom. The number of esters is 1. The van der Waals surface area contributed by atoms with Crippen LogP contribution >= 0.6 is 0 Å². The van der Waals surface area contributed by atoms with Crippen LogP contribution in [-0.2, 0) is 22.7 Å². The summed E-state index contributed by atoms with van der Waals surface area (Å²) >= 11 is 0. The molecule has 0 N–H and O–H groups in total. The van der Waals surface area contributed by atoms with Gasteiger partial charge in [0.2, 0.25) is 5.89 Å². The number of aromatic nitrogens is 2. The molecule has 4 aromatic rings. The lowest BCUT2D eigenvalue weighted by Gasteiger charge is -2.11. The van der Waals surface area contributed by atoms with E-state index >= 15 is 0 Å². The number of benzene rings is 3. The van der Waals surface area contributed by atoms with Crippen LogP contribution in [0.15, 0.2) is 94.1 Å². The average Bonchev–Trinajstić information content (AvgIpc) is 3.14. The summed E-state index contributed by atoms with van der Waals surface area (Å²) in [4.78, 5) is 24.2. The van der Waals surface area contributed by atoms with Gasteiger partial charge < -0.3 is 13.9 Å². The Bertz CT molecular complexity index is 1180. The Morgan fingerprint density at radius 3 is 2.33 bits per heavy atom. The first-order valence-electron chi connectivity index (χ1n) is 9.29. The van der Waals surface area contributed by atoms with Gasteiger partial charge in [0.05, 0.1) is 0 Å². The normalized spacial score (nSPS) is 10.5. The molecule has 0 amide bonds. The fraction of sp³-hybridized carbons (Fsp3) is 0.0870. The van der Waals surface area contributed by atoms with Gasteiger partial charge in [-0.1, -0.05) is 54.6 Å². The first kappa shape index (κ1) is 19.2. The number of carbonyl (C=O) groups is 1. The summed E-state index contributed by atoms with van der Waals surface area (Å²) in [5, 5.41) is 4.06. The van der Waals surface area contributed by atoms with E-state index in [0.717, 1.165) is 4.68 Å². The van der Waals surface area contributed by atoms with Crippen molar-refractivity contribution >= 4 is 5.97 Å². The standard InChI is InChI=1S/C23H18N2O5/c26-21(15-25-23(27)30-22(24-25)17-9-3-1-4-10-17)28-16-18-11-7-8-14-20(18)29-19-12-5-2-6-13-19/h1-14H,15-16H2. The van der Waals surface area contributed by atoms with E-state index < -0.39 is 11.7 Å². The molecule has 3 aromatic carbocycles. The van der Waals surface area contributed by atoms with Gasteiger partial charge in [0.1, 0.15) is 24.7 Å². The first-order valence-corrected chi connectivity index (χ1v) is 9.29. The maximum Gasteiger partial charge on any atom is 0.437 e. The van der Waals surface area contributed by atoms with Crippen molar-refractivity contribution in [3.05, 3.63) is 101 Å². The largest absolute Gasteiger partial charge is 0.459 e. The first-order chi connectivity index (χ1) is 14.7. The molecule has 150 valence electrons. The van der Waals surface area contributed by atoms with Crippen molar-refractivity contribution in [2.45, 2.75) is 13.2 Å². The van der Waals surface area contributed by atoms with Gasteiger partial charge in [0.15, 0.2) is 0 Å². The van der Waals surface area contributed by atoms with Gasteiger partial charge in [-0.2, -0.15) is 4.68 Å². The van der Waals surface area contributed by atoms with Crippen LogP contribution in [0.3, 0.4) is 0 Å². The van der Waals surface area contributed by atoms with Crippen molar-refractivity contribution in [2.24, 2.45) is 0 Å². The topological polar surface area (TPSA) is 83.6 Å². The SMILES string of the molecule is O=C(Cn1nc(-c2ccccc2)oc1=O)OCc1ccccc1Oc1ccccc1. The Morgan fingerprint density at radius 2 is 1.57 bits per heavy atom. The molecule has 0 aliphatic rings. The van der Waals surface area contributed by atoms with E-state index in [1.54, 1.807) is 36.4 Å². The van der Waals surface area contributed by atoms with Gasteiger partial charge in [0.25, 0.3) is 0 Å². The van der Waals surface area contributed by atoms with E-state index in [4.69, 9.17) is 13.9 Å². The van der Waals surface area contributed by atoms with E-state index in [-0.39, 0.29) is 19.0 Å². The van der Waals surface area contributed by atoms with Crippen molar-refractivity contribution in [1.82, 2.24) is 9.78 Å². The van der Waals surface area contributed by atoms with Crippen LogP contribution in [0.25, 0.3) is 11.5 Å². The summed E-state index contributed by atoms with van der Waals surface area (Å²) in [5.41, 5.74) is 1.35. The summed E-state index contributed by atoms with van der Waals surface area (Å²) in [6.07, 6.45) is 0. The molecule has 1 aromatic heterocycles. The molecule has 0 unspecified atom stereocenters. The Labute approximate surface area is 172 Å². The molecule has 0 fully saturated rings. The van der Waals surface area contributed by atoms with Gasteiger partial charge in [-0.25, -0.2) is 4.79 Å². The molecule has 0 bridgehead atoms. The molecular formula is C23H18N2O5. The summed E-state index contributed by atoms with van der Waals surface area (Å²) in [6.45, 7) is -0.350. The molecule has 0 radical (unpaired) electrons. The van der Waals surface area contributed by atoms with Gasteiger partial charge >= 0.3 is 11.7 Å². The number of nitrogens with zero attached hydrogens (tertiary/aromatic N) is 2. The third kappa shape index (κ3) is 4.64. The number of hydrogen-bond donors (Lipinski definition) is 0. The lowest BCUT2D eigenvalue weighted by Crippen LogP contribution is -2.23. The third-order valence-electron chi connectivity index (χ3n) is 4.24. The molecule has 7 nitrogen and oxygen atoms in total. The maximum atomic E-state index is 12.2. The molecule has 0 spiro atoms. The highest BCUT2D eigenvalue weighted by atomic mass is 16.5. The van der Waals surface area contributed by atoms with Crippen LogP contribution < -0.4 is 10.5 Å². The molecular weight excluding hydrogens is 384 g/mol. The summed E-state index contributed by atoms with van der Waals surface area (Å²) in [6, 6.07) is 25.6. The molecule has 0 atom stereocenters. The molecule has 0 aliphatic heterocycles. The number of ether oxygens (including phenoxy) is 2. The van der Waals surface area contributed by atoms with E-state index in [9.17, 15) is 9.59 Å². The second kappa shape index (κ2) is 8.91. The van der Waals surface area contributed by atoms with Gasteiger partial charge in [0, 0.05) is 11.1 Å². The zero-order chi connectivity index (χ0) is 20.8. The van der Waals surface area contributed by atoms with Crippen LogP contribution in [0.5, 0.6) is 11.5 Å². The summed E-state index contributed by atoms with van der Waals surface area (Å²) < 4.78 is 17.2. The molecule has 0 saturated heterocycles. The second-order valence-electron chi connectivity index (χ2n) is 6.38. The van der Waals surface area contributed by atoms with Crippen LogP contribution in [-0.4, -0.2) is 15.7 Å². The molecule has 0 aliphatic carbocycles. The van der Waals surface area contributed by atoms with Crippen molar-refractivity contribution < 1.29 is 18.7 Å². The Kier molecular flexibility index (Phi) is 5.70. The Hall–Kier alpha value is -4.13. The van der Waals surface area contributed by atoms with Crippen LogP contribution in [0.1, 0.15) is 5.56 Å². The molecule has 30 heavy (non-hydrogen) atoms. The third-order valence-corrected chi connectivity index (χ3v) is 4.24. The second-order valence-corrected chi connectivity index (χ2v) is 6.38. The van der Waals surface area contributed by atoms with E-state index in [2.05, 4.69) is 5.10 Å². The highest BCUT2D eigenvalue weighted by molar-refractivity contribution is 5.69. The van der Waals surface area contributed by atoms with Crippen molar-refractivity contribution in [1.29, 1.82) is 0 Å². The molecule has 7 heteroatoms. The zero-order valence-electron chi connectivity index (χ0n) is 15.9. The van der Waals surface area contributed by atoms with Gasteiger partial charge in [-0.3, -0.25) is 4.79 Å². The molecule has 4 rings (SSSR count). The zero-order valence-corrected chi connectivity index (χ0v) is 15.9. The number of carbonyl (C=O) groups excluding carboxylic acids is 1. The minimum absolute atomic E-state index is 0.0000153. The van der Waals surface area contributed by atoms with E-state index in [1.165, 1.54) is 0 Å². The molecule has 0 saturated carbocycles. The smallest absolute Gasteiger partial charge is 0.437 e. The average molecular weight is 402 g/mol. The van der Waals surface area contributed by atoms with Crippen LogP contribution in [0.2, 0.25) is 0 Å². The number of para-hydroxylation sites is 2. The summed E-state index contributed by atoms with van der Waals surface area (Å²) in [5.74, 6) is 0.0773. The van der Waals surface area contributed by atoms with Crippen molar-refractivity contribution in [3.63, 3.8) is 0 Å². The lowest BCUT2D eigenvalue weighted by atomic mass is 10.2. The summed E-state index contributed by atoms with van der Waals surface area (Å²) in [7, 11) is 0. The van der Waals surface area contributed by atoms with Gasteiger partial charge in [-0.15, -0.1) is 5.10 Å². The maximum absolute atomic E-state index is 12.2. The fourth-order valence-electron chi connectivity index (χ4n) is 2.77. The van der Waals surface area contributed by atoms with Crippen LogP contribution in [0.4, 0.5) is 0 Å². The predicted molar refractivity (Wildman–Crippen MR) is 109 cm³/mol. The minimum atomic E-state index is -0.724.